The van der Waals surface area contributed by atoms with E-state index in [1.807, 2.05) is 0 Å². The first-order valence-corrected chi connectivity index (χ1v) is 11.8. The molecule has 0 bridgehead atoms. The van der Waals surface area contributed by atoms with E-state index in [0.29, 0.717) is 0 Å². The fourth-order valence-corrected chi connectivity index (χ4v) is 4.29. The Balaban J connectivity index is 2.45. The summed E-state index contributed by atoms with van der Waals surface area (Å²) in [6.07, 6.45) is -12.0. The van der Waals surface area contributed by atoms with Gasteiger partial charge in [-0.1, -0.05) is 6.92 Å². The molecule has 15 heteroatoms. The van der Waals surface area contributed by atoms with E-state index in [9.17, 15) is 34.2 Å². The molecule has 2 rings (SSSR count). The van der Waals surface area contributed by atoms with Crippen LogP contribution in [0.25, 0.3) is 0 Å². The molecule has 0 aromatic carbocycles. The maximum Gasteiger partial charge on any atom is 0.303 e. The first-order valence-electron chi connectivity index (χ1n) is 11.8. The molecular formula is C23H34O15. The molecule has 0 radical (unpaired) electrons. The van der Waals surface area contributed by atoms with Crippen molar-refractivity contribution in [2.75, 3.05) is 13.2 Å². The molecule has 38 heavy (non-hydrogen) atoms. The fraction of sp³-hybridized carbons (Fsp3) is 0.783. The molecule has 10 atom stereocenters. The first-order chi connectivity index (χ1) is 17.8. The molecule has 2 aliphatic rings. The van der Waals surface area contributed by atoms with E-state index in [-0.39, 0.29) is 0 Å². The third-order valence-electron chi connectivity index (χ3n) is 5.68. The second kappa shape index (κ2) is 13.8. The van der Waals surface area contributed by atoms with Gasteiger partial charge in [0.1, 0.15) is 18.3 Å². The van der Waals surface area contributed by atoms with Gasteiger partial charge in [0, 0.05) is 40.5 Å². The first kappa shape index (κ1) is 31.4. The number of esters is 5. The number of hydrogen-bond acceptors (Lipinski definition) is 15. The van der Waals surface area contributed by atoms with Crippen molar-refractivity contribution in [3.05, 3.63) is 0 Å². The minimum atomic E-state index is -1.57. The van der Waals surface area contributed by atoms with Crippen molar-refractivity contribution >= 4 is 29.8 Å². The zero-order valence-electron chi connectivity index (χ0n) is 21.9. The highest BCUT2D eigenvalue weighted by molar-refractivity contribution is 5.69. The molecule has 0 aromatic heterocycles. The Kier molecular flexibility index (Phi) is 11.4. The van der Waals surface area contributed by atoms with Crippen molar-refractivity contribution in [2.45, 2.75) is 96.9 Å². The van der Waals surface area contributed by atoms with E-state index < -0.39 is 104 Å². The summed E-state index contributed by atoms with van der Waals surface area (Å²) in [7, 11) is 0. The predicted octanol–water partition coefficient (Wildman–Crippen LogP) is -1.27. The van der Waals surface area contributed by atoms with Crippen LogP contribution in [0, 0.1) is 5.92 Å². The van der Waals surface area contributed by atoms with Gasteiger partial charge in [0.25, 0.3) is 0 Å². The van der Waals surface area contributed by atoms with Crippen molar-refractivity contribution in [3.63, 3.8) is 0 Å². The molecule has 0 saturated carbocycles. The quantitative estimate of drug-likeness (QED) is 0.254. The second-order valence-electron chi connectivity index (χ2n) is 8.82. The monoisotopic (exact) mass is 550 g/mol. The maximum atomic E-state index is 11.9. The number of aliphatic hydroxyl groups is 2. The summed E-state index contributed by atoms with van der Waals surface area (Å²) in [5.41, 5.74) is 0. The largest absolute Gasteiger partial charge is 0.458 e. The lowest BCUT2D eigenvalue weighted by molar-refractivity contribution is -0.370. The molecule has 0 aliphatic carbocycles. The standard InChI is InChI=1S/C23H34O15/c1-9-17(31-10(2)26)18(32-11(3)27)15(7-24)36-22(9)38-23-21(35-14(6)30)20(34-13(5)29)19(33-12(4)28)16(8-25)37-23/h9,15-25H,7-8H2,1-6H3/t9?,15?,16?,17-,18-,19-,20?,21?,22+,23+/m1/s1. The lowest BCUT2D eigenvalue weighted by atomic mass is 9.91. The van der Waals surface area contributed by atoms with Crippen LogP contribution < -0.4 is 0 Å². The number of rotatable bonds is 9. The van der Waals surface area contributed by atoms with Gasteiger partial charge in [-0.3, -0.25) is 24.0 Å². The van der Waals surface area contributed by atoms with Gasteiger partial charge in [0.2, 0.25) is 6.29 Å². The second-order valence-corrected chi connectivity index (χ2v) is 8.82. The van der Waals surface area contributed by atoms with Crippen LogP contribution in [-0.2, 0) is 61.9 Å². The lowest BCUT2D eigenvalue weighted by Crippen LogP contribution is -2.65. The van der Waals surface area contributed by atoms with Crippen molar-refractivity contribution < 1.29 is 72.1 Å². The Labute approximate surface area is 218 Å². The normalized spacial score (nSPS) is 34.9. The Hall–Kier alpha value is -2.85. The highest BCUT2D eigenvalue weighted by Crippen LogP contribution is 2.35. The van der Waals surface area contributed by atoms with Gasteiger partial charge in [-0.2, -0.15) is 0 Å². The summed E-state index contributed by atoms with van der Waals surface area (Å²) in [5.74, 6) is -4.69. The number of aliphatic hydroxyl groups excluding tert-OH is 2. The maximum absolute atomic E-state index is 11.9. The number of ether oxygens (including phenoxy) is 8. The molecule has 2 saturated heterocycles. The third-order valence-corrected chi connectivity index (χ3v) is 5.68. The molecule has 2 N–H and O–H groups in total. The summed E-state index contributed by atoms with van der Waals surface area (Å²) in [4.78, 5) is 59.0. The van der Waals surface area contributed by atoms with Crippen LogP contribution >= 0.6 is 0 Å². The fourth-order valence-electron chi connectivity index (χ4n) is 4.29. The van der Waals surface area contributed by atoms with Crippen LogP contribution in [0.1, 0.15) is 41.5 Å². The summed E-state index contributed by atoms with van der Waals surface area (Å²) < 4.78 is 43.9. The van der Waals surface area contributed by atoms with E-state index in [0.717, 1.165) is 34.6 Å². The van der Waals surface area contributed by atoms with Gasteiger partial charge in [-0.25, -0.2) is 0 Å². The zero-order valence-corrected chi connectivity index (χ0v) is 21.9. The van der Waals surface area contributed by atoms with Crippen LogP contribution in [0.15, 0.2) is 0 Å². The SMILES string of the molecule is CC(=O)OC1C(OC(C)=O)[C@H](OC(C)=O)C(CO)O[C@H]1O[C@@H]1OC(CO)[C@@H](OC(C)=O)[C@H](OC(C)=O)C1C. The molecule has 15 nitrogen and oxygen atoms in total. The Bertz CT molecular complexity index is 875. The summed E-state index contributed by atoms with van der Waals surface area (Å²) in [6.45, 7) is 5.68. The van der Waals surface area contributed by atoms with E-state index >= 15 is 0 Å². The topological polar surface area (TPSA) is 200 Å². The Morgan fingerprint density at radius 2 is 0.895 bits per heavy atom. The predicted molar refractivity (Wildman–Crippen MR) is 120 cm³/mol. The molecular weight excluding hydrogens is 516 g/mol. The van der Waals surface area contributed by atoms with Crippen LogP contribution in [0.5, 0.6) is 0 Å². The average molecular weight is 551 g/mol. The van der Waals surface area contributed by atoms with E-state index in [1.54, 1.807) is 6.92 Å². The van der Waals surface area contributed by atoms with Gasteiger partial charge < -0.3 is 48.1 Å². The minimum Gasteiger partial charge on any atom is -0.458 e. The van der Waals surface area contributed by atoms with E-state index in [4.69, 9.17) is 37.9 Å². The zero-order chi connectivity index (χ0) is 28.7. The summed E-state index contributed by atoms with van der Waals surface area (Å²) in [6, 6.07) is 0. The summed E-state index contributed by atoms with van der Waals surface area (Å²) >= 11 is 0. The molecule has 0 spiro atoms. The van der Waals surface area contributed by atoms with Gasteiger partial charge in [0.15, 0.2) is 30.7 Å². The lowest BCUT2D eigenvalue weighted by Gasteiger charge is -2.47. The van der Waals surface area contributed by atoms with Crippen molar-refractivity contribution in [1.29, 1.82) is 0 Å². The van der Waals surface area contributed by atoms with E-state index in [1.165, 1.54) is 0 Å². The van der Waals surface area contributed by atoms with Gasteiger partial charge in [0.05, 0.1) is 13.2 Å². The van der Waals surface area contributed by atoms with Gasteiger partial charge >= 0.3 is 29.8 Å². The average Bonchev–Trinajstić information content (AvgIpc) is 2.80. The smallest absolute Gasteiger partial charge is 0.303 e. The number of carbonyl (C=O) groups is 5. The molecule has 5 unspecified atom stereocenters. The molecule has 216 valence electrons. The van der Waals surface area contributed by atoms with Crippen LogP contribution in [0.4, 0.5) is 0 Å². The van der Waals surface area contributed by atoms with Crippen molar-refractivity contribution in [1.82, 2.24) is 0 Å². The van der Waals surface area contributed by atoms with Crippen molar-refractivity contribution in [3.8, 4) is 0 Å². The highest BCUT2D eigenvalue weighted by atomic mass is 16.8. The Morgan fingerprint density at radius 1 is 0.553 bits per heavy atom. The highest BCUT2D eigenvalue weighted by Gasteiger charge is 2.55. The van der Waals surface area contributed by atoms with Crippen LogP contribution in [0.3, 0.4) is 0 Å². The van der Waals surface area contributed by atoms with Crippen LogP contribution in [0.2, 0.25) is 0 Å². The number of hydrogen-bond donors (Lipinski definition) is 2. The van der Waals surface area contributed by atoms with Gasteiger partial charge in [-0.05, 0) is 0 Å². The third kappa shape index (κ3) is 8.07. The molecule has 2 heterocycles. The molecule has 2 fully saturated rings. The van der Waals surface area contributed by atoms with Gasteiger partial charge in [-0.15, -0.1) is 0 Å². The summed E-state index contributed by atoms with van der Waals surface area (Å²) in [5, 5.41) is 19.8. The molecule has 0 amide bonds. The minimum absolute atomic E-state index is 0.662. The van der Waals surface area contributed by atoms with Crippen molar-refractivity contribution in [2.24, 2.45) is 5.92 Å². The van der Waals surface area contributed by atoms with Crippen LogP contribution in [-0.4, -0.2) is 109 Å². The molecule has 0 aromatic rings. The van der Waals surface area contributed by atoms with E-state index in [2.05, 4.69) is 0 Å². The molecule has 2 aliphatic heterocycles. The number of carbonyl (C=O) groups excluding carboxylic acids is 5. The Morgan fingerprint density at radius 3 is 1.32 bits per heavy atom.